The number of nitrogens with zero attached hydrogens (tertiary/aromatic N) is 1. The summed E-state index contributed by atoms with van der Waals surface area (Å²) in [5, 5.41) is 7.07. The average Bonchev–Trinajstić information content (AvgIpc) is 3.37. The Morgan fingerprint density at radius 2 is 1.72 bits per heavy atom. The lowest BCUT2D eigenvalue weighted by molar-refractivity contribution is -0.138. The monoisotopic (exact) mass is 487 g/mol. The van der Waals surface area contributed by atoms with Crippen LogP contribution in [0.1, 0.15) is 93.1 Å². The molecule has 0 bridgehead atoms. The highest BCUT2D eigenvalue weighted by Gasteiger charge is 2.47. The third-order valence-electron chi connectivity index (χ3n) is 8.67. The van der Waals surface area contributed by atoms with Crippen LogP contribution in [0.2, 0.25) is 0 Å². The molecular formula is C31H41N3O2. The van der Waals surface area contributed by atoms with Crippen molar-refractivity contribution in [2.75, 3.05) is 11.9 Å². The number of carbonyl (C=O) groups is 2. The van der Waals surface area contributed by atoms with E-state index in [0.29, 0.717) is 17.5 Å². The first-order valence-electron chi connectivity index (χ1n) is 14.2. The number of hydrogen-bond acceptors (Lipinski definition) is 3. The Kier molecular flexibility index (Phi) is 7.93. The molecule has 2 fully saturated rings. The van der Waals surface area contributed by atoms with Crippen molar-refractivity contribution in [3.05, 3.63) is 65.7 Å². The van der Waals surface area contributed by atoms with E-state index in [-0.39, 0.29) is 29.8 Å². The molecule has 2 aromatic rings. The van der Waals surface area contributed by atoms with Crippen molar-refractivity contribution in [1.82, 2.24) is 10.2 Å². The van der Waals surface area contributed by atoms with Gasteiger partial charge in [-0.1, -0.05) is 81.8 Å². The highest BCUT2D eigenvalue weighted by molar-refractivity contribution is 5.94. The van der Waals surface area contributed by atoms with Crippen LogP contribution in [0.4, 0.5) is 5.69 Å². The highest BCUT2D eigenvalue weighted by Crippen LogP contribution is 2.48. The van der Waals surface area contributed by atoms with E-state index >= 15 is 0 Å². The van der Waals surface area contributed by atoms with E-state index < -0.39 is 0 Å². The molecule has 2 aromatic carbocycles. The molecule has 3 aliphatic rings. The number of nitrogens with one attached hydrogen (secondary N) is 2. The van der Waals surface area contributed by atoms with Gasteiger partial charge in [0.1, 0.15) is 0 Å². The molecule has 2 N–H and O–H groups in total. The van der Waals surface area contributed by atoms with Gasteiger partial charge in [-0.15, -0.1) is 0 Å². The fourth-order valence-corrected chi connectivity index (χ4v) is 6.81. The molecule has 0 radical (unpaired) electrons. The highest BCUT2D eigenvalue weighted by atomic mass is 16.2. The summed E-state index contributed by atoms with van der Waals surface area (Å²) in [6, 6.07) is 18.4. The Morgan fingerprint density at radius 3 is 2.56 bits per heavy atom. The zero-order chi connectivity index (χ0) is 24.9. The first kappa shape index (κ1) is 24.9. The van der Waals surface area contributed by atoms with Gasteiger partial charge in [-0.05, 0) is 49.4 Å². The lowest BCUT2D eigenvalue weighted by Gasteiger charge is -2.42. The minimum atomic E-state index is -0.143. The predicted octanol–water partition coefficient (Wildman–Crippen LogP) is 6.33. The number of fused-ring (bicyclic) bond motifs is 3. The van der Waals surface area contributed by atoms with E-state index in [4.69, 9.17) is 0 Å². The summed E-state index contributed by atoms with van der Waals surface area (Å²) < 4.78 is 0. The van der Waals surface area contributed by atoms with Gasteiger partial charge < -0.3 is 15.5 Å². The normalized spacial score (nSPS) is 27.0. The number of unbranched alkanes of at least 4 members (excludes halogenated alkanes) is 3. The van der Waals surface area contributed by atoms with E-state index in [1.54, 1.807) is 0 Å². The molecule has 1 aliphatic carbocycles. The maximum Gasteiger partial charge on any atom is 0.251 e. The molecule has 1 saturated heterocycles. The van der Waals surface area contributed by atoms with Crippen LogP contribution in [0.15, 0.2) is 54.6 Å². The van der Waals surface area contributed by atoms with Gasteiger partial charge in [0, 0.05) is 35.8 Å². The Balaban J connectivity index is 1.34. The van der Waals surface area contributed by atoms with Crippen molar-refractivity contribution in [3.63, 3.8) is 0 Å². The summed E-state index contributed by atoms with van der Waals surface area (Å²) in [6.07, 6.45) is 11.1. The molecule has 192 valence electrons. The standard InChI is InChI=1S/C31H41N3O2/c1-2-3-4-8-17-27-24-20-21-34(29(24)23-15-9-11-18-26(23)32-27)31(36)25-16-10-12-19-28(25)33-30(35)22-13-6-5-7-14-22/h5-7,9,11,13-15,18,24-25,27-29,32H,2-4,8,10,12,16-17,19-21H2,1H3,(H,33,35)/t24-,25-,27+,28+,29+/m0/s1. The first-order chi connectivity index (χ1) is 17.7. The first-order valence-corrected chi connectivity index (χ1v) is 14.2. The SMILES string of the molecule is CCCCCC[C@H]1Nc2ccccc2[C@@H]2[C@H]1CCN2C(=O)[C@H]1CCCC[C@H]1NC(=O)c1ccccc1. The molecule has 36 heavy (non-hydrogen) atoms. The number of rotatable bonds is 8. The maximum atomic E-state index is 14.2. The van der Waals surface area contributed by atoms with Gasteiger partial charge in [-0.3, -0.25) is 9.59 Å². The second-order valence-corrected chi connectivity index (χ2v) is 11.0. The van der Waals surface area contributed by atoms with Gasteiger partial charge in [0.05, 0.1) is 12.0 Å². The topological polar surface area (TPSA) is 61.4 Å². The molecule has 5 rings (SSSR count). The number of amides is 2. The van der Waals surface area contributed by atoms with Crippen LogP contribution in [-0.4, -0.2) is 35.3 Å². The van der Waals surface area contributed by atoms with Crippen LogP contribution in [0, 0.1) is 11.8 Å². The maximum absolute atomic E-state index is 14.2. The number of anilines is 1. The van der Waals surface area contributed by atoms with Gasteiger partial charge in [-0.25, -0.2) is 0 Å². The van der Waals surface area contributed by atoms with Crippen molar-refractivity contribution >= 4 is 17.5 Å². The fraction of sp³-hybridized carbons (Fsp3) is 0.548. The average molecular weight is 488 g/mol. The molecule has 0 unspecified atom stereocenters. The van der Waals surface area contributed by atoms with Crippen LogP contribution < -0.4 is 10.6 Å². The zero-order valence-corrected chi connectivity index (χ0v) is 21.6. The molecule has 2 heterocycles. The van der Waals surface area contributed by atoms with Crippen molar-refractivity contribution in [1.29, 1.82) is 0 Å². The summed E-state index contributed by atoms with van der Waals surface area (Å²) in [6.45, 7) is 3.07. The minimum absolute atomic E-state index is 0.0704. The van der Waals surface area contributed by atoms with Crippen molar-refractivity contribution < 1.29 is 9.59 Å². The smallest absolute Gasteiger partial charge is 0.251 e. The fourth-order valence-electron chi connectivity index (χ4n) is 6.81. The van der Waals surface area contributed by atoms with Crippen LogP contribution in [0.5, 0.6) is 0 Å². The lowest BCUT2D eigenvalue weighted by atomic mass is 9.79. The van der Waals surface area contributed by atoms with Gasteiger partial charge in [-0.2, -0.15) is 0 Å². The van der Waals surface area contributed by atoms with E-state index in [2.05, 4.69) is 46.7 Å². The Morgan fingerprint density at radius 1 is 0.944 bits per heavy atom. The largest absolute Gasteiger partial charge is 0.382 e. The lowest BCUT2D eigenvalue weighted by Crippen LogP contribution is -2.50. The Bertz CT molecular complexity index is 1040. The molecule has 2 aliphatic heterocycles. The number of para-hydroxylation sites is 1. The number of likely N-dealkylation sites (tertiary alicyclic amines) is 1. The Hall–Kier alpha value is -2.82. The molecule has 1 saturated carbocycles. The summed E-state index contributed by atoms with van der Waals surface area (Å²) >= 11 is 0. The summed E-state index contributed by atoms with van der Waals surface area (Å²) in [5.74, 6) is 0.475. The number of benzene rings is 2. The molecule has 0 aromatic heterocycles. The molecule has 5 nitrogen and oxygen atoms in total. The van der Waals surface area contributed by atoms with E-state index in [1.165, 1.54) is 36.9 Å². The molecular weight excluding hydrogens is 446 g/mol. The van der Waals surface area contributed by atoms with Crippen LogP contribution in [0.25, 0.3) is 0 Å². The van der Waals surface area contributed by atoms with E-state index in [9.17, 15) is 9.59 Å². The van der Waals surface area contributed by atoms with E-state index in [1.807, 2.05) is 30.3 Å². The number of carbonyl (C=O) groups excluding carboxylic acids is 2. The zero-order valence-electron chi connectivity index (χ0n) is 21.6. The van der Waals surface area contributed by atoms with Gasteiger partial charge in [0.25, 0.3) is 5.91 Å². The number of hydrogen-bond donors (Lipinski definition) is 2. The Labute approximate surface area is 216 Å². The van der Waals surface area contributed by atoms with Gasteiger partial charge in [0.2, 0.25) is 5.91 Å². The third-order valence-corrected chi connectivity index (χ3v) is 8.67. The van der Waals surface area contributed by atoms with Gasteiger partial charge in [0.15, 0.2) is 0 Å². The predicted molar refractivity (Wildman–Crippen MR) is 145 cm³/mol. The second kappa shape index (κ2) is 11.5. The van der Waals surface area contributed by atoms with E-state index in [0.717, 1.165) is 45.1 Å². The minimum Gasteiger partial charge on any atom is -0.382 e. The van der Waals surface area contributed by atoms with Crippen LogP contribution in [0.3, 0.4) is 0 Å². The van der Waals surface area contributed by atoms with Crippen molar-refractivity contribution in [2.45, 2.75) is 89.3 Å². The molecule has 2 amide bonds. The molecule has 0 spiro atoms. The van der Waals surface area contributed by atoms with Crippen molar-refractivity contribution in [2.24, 2.45) is 11.8 Å². The molecule has 5 heteroatoms. The van der Waals surface area contributed by atoms with Crippen LogP contribution in [-0.2, 0) is 4.79 Å². The summed E-state index contributed by atoms with van der Waals surface area (Å²) in [4.78, 5) is 29.3. The summed E-state index contributed by atoms with van der Waals surface area (Å²) in [7, 11) is 0. The van der Waals surface area contributed by atoms with Crippen LogP contribution >= 0.6 is 0 Å². The quantitative estimate of drug-likeness (QED) is 0.428. The molecule has 5 atom stereocenters. The third kappa shape index (κ3) is 5.16. The summed E-state index contributed by atoms with van der Waals surface area (Å²) in [5.41, 5.74) is 3.11. The van der Waals surface area contributed by atoms with Crippen molar-refractivity contribution in [3.8, 4) is 0 Å². The second-order valence-electron chi connectivity index (χ2n) is 11.0. The van der Waals surface area contributed by atoms with Gasteiger partial charge >= 0.3 is 0 Å².